The summed E-state index contributed by atoms with van der Waals surface area (Å²) in [6, 6.07) is 3.49. The van der Waals surface area contributed by atoms with Crippen molar-refractivity contribution in [3.05, 3.63) is 30.1 Å². The minimum Gasteiger partial charge on any atom is -0.207 e. The molecule has 0 spiro atoms. The molecule has 1 rings (SSSR count). The first-order valence-electron chi connectivity index (χ1n) is 2.70. The van der Waals surface area contributed by atoms with E-state index in [1.165, 1.54) is 0 Å². The fourth-order valence-electron chi connectivity index (χ4n) is 0.597. The van der Waals surface area contributed by atoms with Gasteiger partial charge >= 0.3 is 10.2 Å². The molecule has 5 heteroatoms. The van der Waals surface area contributed by atoms with Crippen LogP contribution in [0.3, 0.4) is 0 Å². The molecule has 0 radical (unpaired) electrons. The third-order valence-electron chi connectivity index (χ3n) is 1.10. The van der Waals surface area contributed by atoms with Gasteiger partial charge in [0.05, 0.1) is 4.90 Å². The molecule has 1 aromatic carbocycles. The number of hydrogen-bond donors (Lipinski definition) is 0. The molecule has 11 heavy (non-hydrogen) atoms. The van der Waals surface area contributed by atoms with Gasteiger partial charge in [0.2, 0.25) is 0 Å². The first-order valence-corrected chi connectivity index (χ1v) is 4.09. The van der Waals surface area contributed by atoms with Crippen molar-refractivity contribution >= 4 is 10.2 Å². The van der Waals surface area contributed by atoms with Crippen LogP contribution in [0.1, 0.15) is 0 Å². The third kappa shape index (κ3) is 1.98. The Bertz CT molecular complexity index is 341. The van der Waals surface area contributed by atoms with Crippen molar-refractivity contribution in [3.8, 4) is 0 Å². The fourth-order valence-corrected chi connectivity index (χ4v) is 1.06. The standard InChI is InChI=1S/C6H4F2O2S/c7-5-1-3-6(4-2-5)11(8,9)10/h1-4H/i8-1. The monoisotopic (exact) mass is 177 g/mol. The van der Waals surface area contributed by atoms with Gasteiger partial charge in [-0.2, -0.15) is 8.42 Å². The Morgan fingerprint density at radius 1 is 1.09 bits per heavy atom. The molecule has 0 unspecified atom stereocenters. The van der Waals surface area contributed by atoms with Crippen molar-refractivity contribution in [3.63, 3.8) is 0 Å². The molecular formula is C6H4F2O2S. The second-order valence-electron chi connectivity index (χ2n) is 1.89. The quantitative estimate of drug-likeness (QED) is 0.609. The van der Waals surface area contributed by atoms with E-state index in [-0.39, 0.29) is 0 Å². The van der Waals surface area contributed by atoms with Crippen LogP contribution in [0, 0.1) is 5.82 Å². The lowest BCUT2D eigenvalue weighted by Crippen LogP contribution is -1.90. The van der Waals surface area contributed by atoms with E-state index < -0.39 is 20.9 Å². The van der Waals surface area contributed by atoms with Crippen molar-refractivity contribution in [2.45, 2.75) is 4.90 Å². The normalized spacial score (nSPS) is 11.5. The number of rotatable bonds is 1. The minimum absolute atomic E-state index is 0.529. The molecule has 1 aromatic rings. The maximum atomic E-state index is 12.2. The highest BCUT2D eigenvalue weighted by molar-refractivity contribution is 7.86. The minimum atomic E-state index is -4.69. The van der Waals surface area contributed by atoms with Crippen LogP contribution in [0.15, 0.2) is 29.2 Å². The average molecular weight is 177 g/mol. The topological polar surface area (TPSA) is 34.1 Å². The van der Waals surface area contributed by atoms with E-state index in [1.807, 2.05) is 0 Å². The van der Waals surface area contributed by atoms with Gasteiger partial charge in [0.1, 0.15) is 5.82 Å². The highest BCUT2D eigenvalue weighted by atomic mass is 32.2. The molecule has 60 valence electrons. The number of hydrogen-bond acceptors (Lipinski definition) is 2. The van der Waals surface area contributed by atoms with Crippen molar-refractivity contribution in [2.24, 2.45) is 0 Å². The van der Waals surface area contributed by atoms with Crippen molar-refractivity contribution in [2.75, 3.05) is 0 Å². The van der Waals surface area contributed by atoms with Crippen molar-refractivity contribution in [1.29, 1.82) is 0 Å². The van der Waals surface area contributed by atoms with Crippen LogP contribution < -0.4 is 0 Å². The van der Waals surface area contributed by atoms with Gasteiger partial charge in [-0.05, 0) is 24.3 Å². The third-order valence-corrected chi connectivity index (χ3v) is 1.93. The van der Waals surface area contributed by atoms with Crippen LogP contribution in [-0.4, -0.2) is 8.42 Å². The summed E-state index contributed by atoms with van der Waals surface area (Å²) in [6.07, 6.45) is 0. The molecule has 0 atom stereocenters. The zero-order valence-corrected chi connectivity index (χ0v) is 6.11. The molecule has 0 N–H and O–H groups in total. The SMILES string of the molecule is O=S(=O)([18F])c1ccc(F)cc1. The summed E-state index contributed by atoms with van der Waals surface area (Å²) in [7, 11) is -4.69. The van der Waals surface area contributed by atoms with Crippen LogP contribution in [0.4, 0.5) is 8.28 Å². The Balaban J connectivity index is 3.20. The zero-order valence-electron chi connectivity index (χ0n) is 5.29. The van der Waals surface area contributed by atoms with Crippen molar-refractivity contribution in [1.82, 2.24) is 0 Å². The smallest absolute Gasteiger partial charge is 0.207 e. The average Bonchev–Trinajstić information content (AvgIpc) is 1.86. The number of benzene rings is 1. The molecule has 0 bridgehead atoms. The van der Waals surface area contributed by atoms with E-state index >= 15 is 0 Å². The summed E-state index contributed by atoms with van der Waals surface area (Å²) >= 11 is 0. The Labute approximate surface area is 62.7 Å². The Morgan fingerprint density at radius 3 is 1.91 bits per heavy atom. The van der Waals surface area contributed by atoms with Gasteiger partial charge in [-0.1, -0.05) is 0 Å². The van der Waals surface area contributed by atoms with Gasteiger partial charge in [-0.15, -0.1) is 3.89 Å². The number of halogens is 2. The van der Waals surface area contributed by atoms with E-state index in [0.717, 1.165) is 24.3 Å². The lowest BCUT2D eigenvalue weighted by molar-refractivity contribution is 0.551. The van der Waals surface area contributed by atoms with Gasteiger partial charge in [-0.25, -0.2) is 4.39 Å². The predicted octanol–water partition coefficient (Wildman–Crippen LogP) is 1.48. The van der Waals surface area contributed by atoms with Crippen LogP contribution in [-0.2, 0) is 10.2 Å². The fraction of sp³-hybridized carbons (Fsp3) is 0. The maximum absolute atomic E-state index is 12.2. The van der Waals surface area contributed by atoms with Gasteiger partial charge in [0.25, 0.3) is 0 Å². The molecule has 0 fully saturated rings. The summed E-state index contributed by atoms with van der Waals surface area (Å²) < 4.78 is 44.6. The van der Waals surface area contributed by atoms with E-state index in [9.17, 15) is 16.7 Å². The van der Waals surface area contributed by atoms with E-state index in [4.69, 9.17) is 0 Å². The van der Waals surface area contributed by atoms with Crippen LogP contribution in [0.25, 0.3) is 0 Å². The maximum Gasteiger partial charge on any atom is 0.332 e. The predicted molar refractivity (Wildman–Crippen MR) is 34.7 cm³/mol. The van der Waals surface area contributed by atoms with Crippen LogP contribution in [0.2, 0.25) is 0 Å². The molecule has 0 aromatic heterocycles. The lowest BCUT2D eigenvalue weighted by Gasteiger charge is -1.91. The Kier molecular flexibility index (Phi) is 1.90. The summed E-state index contributed by atoms with van der Waals surface area (Å²) in [4.78, 5) is -0.529. The molecule has 0 aliphatic rings. The lowest BCUT2D eigenvalue weighted by atomic mass is 10.4. The van der Waals surface area contributed by atoms with Gasteiger partial charge < -0.3 is 0 Å². The second-order valence-corrected chi connectivity index (χ2v) is 3.24. The first-order chi connectivity index (χ1) is 5.00. The van der Waals surface area contributed by atoms with Crippen molar-refractivity contribution < 1.29 is 16.7 Å². The van der Waals surface area contributed by atoms with Crippen LogP contribution >= 0.6 is 0 Å². The highest BCUT2D eigenvalue weighted by Gasteiger charge is 2.10. The van der Waals surface area contributed by atoms with Gasteiger partial charge in [0, 0.05) is 0 Å². The van der Waals surface area contributed by atoms with E-state index in [1.54, 1.807) is 0 Å². The van der Waals surface area contributed by atoms with E-state index in [2.05, 4.69) is 0 Å². The summed E-state index contributed by atoms with van der Waals surface area (Å²) in [5.41, 5.74) is 0. The zero-order chi connectivity index (χ0) is 8.48. The molecule has 0 aliphatic heterocycles. The molecule has 0 saturated carbocycles. The van der Waals surface area contributed by atoms with Crippen LogP contribution in [0.5, 0.6) is 0 Å². The molecule has 0 saturated heterocycles. The summed E-state index contributed by atoms with van der Waals surface area (Å²) in [5.74, 6) is -0.600. The molecule has 2 nitrogen and oxygen atoms in total. The summed E-state index contributed by atoms with van der Waals surface area (Å²) in [5, 5.41) is 0. The Hall–Kier alpha value is -0.970. The molecule has 0 amide bonds. The second kappa shape index (κ2) is 2.58. The molecule has 0 aliphatic carbocycles. The summed E-state index contributed by atoms with van der Waals surface area (Å²) in [6.45, 7) is 0. The molecule has 0 heterocycles. The first kappa shape index (κ1) is 8.13. The largest absolute Gasteiger partial charge is 0.332 e. The Morgan fingerprint density at radius 2 is 1.55 bits per heavy atom. The van der Waals surface area contributed by atoms with E-state index in [0.29, 0.717) is 0 Å². The van der Waals surface area contributed by atoms with Gasteiger partial charge in [0.15, 0.2) is 0 Å². The molecular weight excluding hydrogens is 173 g/mol. The highest BCUT2D eigenvalue weighted by Crippen LogP contribution is 2.11. The van der Waals surface area contributed by atoms with Gasteiger partial charge in [-0.3, -0.25) is 0 Å².